The summed E-state index contributed by atoms with van der Waals surface area (Å²) in [5.74, 6) is 0.905. The summed E-state index contributed by atoms with van der Waals surface area (Å²) in [4.78, 5) is 4.55. The SMILES string of the molecule is Cc1cccc(C2=NC(C(C)C)CO2)c1NS(C)(=O)=O. The lowest BCUT2D eigenvalue weighted by Crippen LogP contribution is -2.15. The van der Waals surface area contributed by atoms with Gasteiger partial charge < -0.3 is 4.74 Å². The van der Waals surface area contributed by atoms with Crippen molar-refractivity contribution in [3.05, 3.63) is 29.3 Å². The normalized spacial score (nSPS) is 18.9. The summed E-state index contributed by atoms with van der Waals surface area (Å²) in [6, 6.07) is 5.66. The Morgan fingerprint density at radius 3 is 2.65 bits per heavy atom. The Morgan fingerprint density at radius 2 is 2.10 bits per heavy atom. The van der Waals surface area contributed by atoms with Crippen molar-refractivity contribution in [1.29, 1.82) is 0 Å². The van der Waals surface area contributed by atoms with Gasteiger partial charge >= 0.3 is 0 Å². The summed E-state index contributed by atoms with van der Waals surface area (Å²) in [5.41, 5.74) is 2.07. The van der Waals surface area contributed by atoms with Crippen LogP contribution in [0.5, 0.6) is 0 Å². The molecule has 0 aromatic heterocycles. The summed E-state index contributed by atoms with van der Waals surface area (Å²) in [6.07, 6.45) is 1.14. The van der Waals surface area contributed by atoms with Crippen molar-refractivity contribution in [3.8, 4) is 0 Å². The van der Waals surface area contributed by atoms with Crippen LogP contribution in [0.1, 0.15) is 25.0 Å². The first-order chi connectivity index (χ1) is 9.28. The molecule has 0 saturated carbocycles. The molecule has 1 aliphatic rings. The Labute approximate surface area is 120 Å². The van der Waals surface area contributed by atoms with Gasteiger partial charge in [0.25, 0.3) is 0 Å². The van der Waals surface area contributed by atoms with Crippen LogP contribution in [0, 0.1) is 12.8 Å². The molecule has 0 saturated heterocycles. The molecular weight excluding hydrogens is 276 g/mol. The van der Waals surface area contributed by atoms with Gasteiger partial charge in [0, 0.05) is 0 Å². The Kier molecular flexibility index (Phi) is 4.04. The Balaban J connectivity index is 2.43. The lowest BCUT2D eigenvalue weighted by atomic mass is 10.1. The molecule has 0 amide bonds. The van der Waals surface area contributed by atoms with Gasteiger partial charge in [-0.2, -0.15) is 0 Å². The molecule has 1 N–H and O–H groups in total. The number of aryl methyl sites for hydroxylation is 1. The third-order valence-electron chi connectivity index (χ3n) is 3.23. The van der Waals surface area contributed by atoms with E-state index in [-0.39, 0.29) is 6.04 Å². The smallest absolute Gasteiger partial charge is 0.229 e. The number of hydrogen-bond donors (Lipinski definition) is 1. The molecule has 6 heteroatoms. The van der Waals surface area contributed by atoms with Crippen molar-refractivity contribution in [3.63, 3.8) is 0 Å². The van der Waals surface area contributed by atoms with Crippen LogP contribution in [-0.4, -0.2) is 33.2 Å². The van der Waals surface area contributed by atoms with Crippen molar-refractivity contribution in [2.24, 2.45) is 10.9 Å². The van der Waals surface area contributed by atoms with Gasteiger partial charge in [0.15, 0.2) is 0 Å². The molecule has 0 radical (unpaired) electrons. The number of aliphatic imine (C=N–C) groups is 1. The topological polar surface area (TPSA) is 67.8 Å². The van der Waals surface area contributed by atoms with Gasteiger partial charge in [-0.1, -0.05) is 26.0 Å². The fourth-order valence-electron chi connectivity index (χ4n) is 2.05. The van der Waals surface area contributed by atoms with E-state index in [2.05, 4.69) is 23.6 Å². The number of nitrogens with one attached hydrogen (secondary N) is 1. The summed E-state index contributed by atoms with van der Waals surface area (Å²) in [6.45, 7) is 6.57. The van der Waals surface area contributed by atoms with Crippen LogP contribution in [-0.2, 0) is 14.8 Å². The van der Waals surface area contributed by atoms with Gasteiger partial charge in [-0.3, -0.25) is 4.72 Å². The lowest BCUT2D eigenvalue weighted by Gasteiger charge is -2.13. The van der Waals surface area contributed by atoms with Gasteiger partial charge in [0.1, 0.15) is 6.61 Å². The predicted octanol–water partition coefficient (Wildman–Crippen LogP) is 2.17. The molecule has 2 rings (SSSR count). The van der Waals surface area contributed by atoms with Gasteiger partial charge in [-0.05, 0) is 24.5 Å². The number of anilines is 1. The maximum absolute atomic E-state index is 11.5. The molecule has 1 aromatic carbocycles. The minimum Gasteiger partial charge on any atom is -0.475 e. The summed E-state index contributed by atoms with van der Waals surface area (Å²) in [5, 5.41) is 0. The molecule has 0 aliphatic carbocycles. The second kappa shape index (κ2) is 5.44. The van der Waals surface area contributed by atoms with Gasteiger partial charge in [-0.25, -0.2) is 13.4 Å². The molecule has 1 unspecified atom stereocenters. The van der Waals surface area contributed by atoms with Crippen LogP contribution in [0.2, 0.25) is 0 Å². The number of sulfonamides is 1. The first-order valence-electron chi connectivity index (χ1n) is 6.56. The highest BCUT2D eigenvalue weighted by molar-refractivity contribution is 7.92. The molecule has 0 bridgehead atoms. The number of benzene rings is 1. The highest BCUT2D eigenvalue weighted by Crippen LogP contribution is 2.26. The molecule has 1 atom stereocenters. The number of nitrogens with zero attached hydrogens (tertiary/aromatic N) is 1. The third kappa shape index (κ3) is 3.30. The largest absolute Gasteiger partial charge is 0.475 e. The van der Waals surface area contributed by atoms with Crippen LogP contribution in [0.3, 0.4) is 0 Å². The molecule has 1 aliphatic heterocycles. The number of ether oxygens (including phenoxy) is 1. The second-order valence-corrected chi connectivity index (χ2v) is 7.18. The van der Waals surface area contributed by atoms with Crippen LogP contribution in [0.15, 0.2) is 23.2 Å². The number of para-hydroxylation sites is 1. The number of hydrogen-bond acceptors (Lipinski definition) is 4. The van der Waals surface area contributed by atoms with E-state index in [4.69, 9.17) is 4.74 Å². The highest BCUT2D eigenvalue weighted by Gasteiger charge is 2.25. The first-order valence-corrected chi connectivity index (χ1v) is 8.45. The first kappa shape index (κ1) is 14.8. The summed E-state index contributed by atoms with van der Waals surface area (Å²) < 4.78 is 31.2. The van der Waals surface area contributed by atoms with E-state index >= 15 is 0 Å². The van der Waals surface area contributed by atoms with Gasteiger partial charge in [-0.15, -0.1) is 0 Å². The molecule has 1 heterocycles. The van der Waals surface area contributed by atoms with Gasteiger partial charge in [0.2, 0.25) is 15.9 Å². The Morgan fingerprint density at radius 1 is 1.40 bits per heavy atom. The molecule has 20 heavy (non-hydrogen) atoms. The maximum Gasteiger partial charge on any atom is 0.229 e. The fourth-order valence-corrected chi connectivity index (χ4v) is 2.69. The molecular formula is C14H20N2O3S. The molecule has 110 valence electrons. The van der Waals surface area contributed by atoms with E-state index in [1.54, 1.807) is 0 Å². The van der Waals surface area contributed by atoms with E-state index < -0.39 is 10.0 Å². The van der Waals surface area contributed by atoms with E-state index in [0.717, 1.165) is 11.8 Å². The van der Waals surface area contributed by atoms with E-state index in [1.165, 1.54) is 0 Å². The molecule has 0 fully saturated rings. The van der Waals surface area contributed by atoms with Crippen molar-refractivity contribution in [2.45, 2.75) is 26.8 Å². The van der Waals surface area contributed by atoms with E-state index in [0.29, 0.717) is 29.7 Å². The minimum absolute atomic E-state index is 0.122. The van der Waals surface area contributed by atoms with Gasteiger partial charge in [0.05, 0.1) is 23.5 Å². The highest BCUT2D eigenvalue weighted by atomic mass is 32.2. The molecule has 0 spiro atoms. The monoisotopic (exact) mass is 296 g/mol. The van der Waals surface area contributed by atoms with Crippen molar-refractivity contribution in [2.75, 3.05) is 17.6 Å². The summed E-state index contributed by atoms with van der Waals surface area (Å²) in [7, 11) is -3.34. The van der Waals surface area contributed by atoms with Crippen LogP contribution < -0.4 is 4.72 Å². The summed E-state index contributed by atoms with van der Waals surface area (Å²) >= 11 is 0. The Hall–Kier alpha value is -1.56. The molecule has 1 aromatic rings. The van der Waals surface area contributed by atoms with E-state index in [9.17, 15) is 8.42 Å². The minimum atomic E-state index is -3.34. The van der Waals surface area contributed by atoms with Crippen LogP contribution >= 0.6 is 0 Å². The quantitative estimate of drug-likeness (QED) is 0.926. The zero-order chi connectivity index (χ0) is 14.9. The van der Waals surface area contributed by atoms with Crippen LogP contribution in [0.4, 0.5) is 5.69 Å². The predicted molar refractivity (Wildman–Crippen MR) is 80.8 cm³/mol. The number of rotatable bonds is 4. The average molecular weight is 296 g/mol. The standard InChI is InChI=1S/C14H20N2O3S/c1-9(2)12-8-19-14(15-12)11-7-5-6-10(3)13(11)16-20(4,17)18/h5-7,9,12,16H,8H2,1-4H3. The van der Waals surface area contributed by atoms with Crippen molar-refractivity contribution >= 4 is 21.6 Å². The van der Waals surface area contributed by atoms with Crippen LogP contribution in [0.25, 0.3) is 0 Å². The van der Waals surface area contributed by atoms with Crippen molar-refractivity contribution < 1.29 is 13.2 Å². The van der Waals surface area contributed by atoms with Crippen molar-refractivity contribution in [1.82, 2.24) is 0 Å². The fraction of sp³-hybridized carbons (Fsp3) is 0.500. The average Bonchev–Trinajstić information content (AvgIpc) is 2.79. The maximum atomic E-state index is 11.5. The lowest BCUT2D eigenvalue weighted by molar-refractivity contribution is 0.292. The second-order valence-electron chi connectivity index (χ2n) is 5.43. The third-order valence-corrected chi connectivity index (χ3v) is 3.81. The Bertz CT molecular complexity index is 636. The van der Waals surface area contributed by atoms with E-state index in [1.807, 2.05) is 25.1 Å². The zero-order valence-electron chi connectivity index (χ0n) is 12.2. The zero-order valence-corrected chi connectivity index (χ0v) is 13.0. The molecule has 5 nitrogen and oxygen atoms in total.